The molecule has 0 aliphatic rings. The van der Waals surface area contributed by atoms with Gasteiger partial charge >= 0.3 is 0 Å². The second-order valence-electron chi connectivity index (χ2n) is 4.39. The Bertz CT molecular complexity index is 577. The summed E-state index contributed by atoms with van der Waals surface area (Å²) < 4.78 is 0. The Kier molecular flexibility index (Phi) is 5.44. The van der Waals surface area contributed by atoms with Crippen LogP contribution >= 0.6 is 11.6 Å². The minimum atomic E-state index is -0.235. The number of halogens is 1. The van der Waals surface area contributed by atoms with E-state index in [0.29, 0.717) is 11.6 Å². The van der Waals surface area contributed by atoms with E-state index in [-0.39, 0.29) is 6.04 Å². The highest BCUT2D eigenvalue weighted by atomic mass is 35.5. The number of hydrogen-bond donors (Lipinski definition) is 1. The molecule has 2 aromatic carbocycles. The molecule has 2 rings (SSSR count). The van der Waals surface area contributed by atoms with Gasteiger partial charge in [0.25, 0.3) is 0 Å². The van der Waals surface area contributed by atoms with Crippen LogP contribution in [-0.4, -0.2) is 6.54 Å². The summed E-state index contributed by atoms with van der Waals surface area (Å²) in [7, 11) is 0. The van der Waals surface area contributed by atoms with Crippen molar-refractivity contribution in [2.75, 3.05) is 6.54 Å². The monoisotopic (exact) mass is 286 g/mol. The van der Waals surface area contributed by atoms with Crippen molar-refractivity contribution in [2.45, 2.75) is 12.6 Å². The lowest BCUT2D eigenvalue weighted by Gasteiger charge is -2.13. The summed E-state index contributed by atoms with van der Waals surface area (Å²) in [6, 6.07) is 17.2. The number of azide groups is 1. The summed E-state index contributed by atoms with van der Waals surface area (Å²) in [6.45, 7) is 1.33. The topological polar surface area (TPSA) is 60.8 Å². The van der Waals surface area contributed by atoms with E-state index in [1.165, 1.54) is 5.56 Å². The molecule has 1 N–H and O–H groups in total. The van der Waals surface area contributed by atoms with E-state index >= 15 is 0 Å². The van der Waals surface area contributed by atoms with E-state index in [4.69, 9.17) is 17.1 Å². The minimum absolute atomic E-state index is 0.235. The van der Waals surface area contributed by atoms with Crippen molar-refractivity contribution in [3.8, 4) is 0 Å². The van der Waals surface area contributed by atoms with Crippen LogP contribution in [0.3, 0.4) is 0 Å². The van der Waals surface area contributed by atoms with Gasteiger partial charge in [0.1, 0.15) is 0 Å². The van der Waals surface area contributed by atoms with Crippen LogP contribution in [0.25, 0.3) is 10.4 Å². The molecule has 0 saturated carbocycles. The van der Waals surface area contributed by atoms with Gasteiger partial charge in [0.2, 0.25) is 0 Å². The van der Waals surface area contributed by atoms with Crippen molar-refractivity contribution in [3.63, 3.8) is 0 Å². The van der Waals surface area contributed by atoms with Gasteiger partial charge in [-0.25, -0.2) is 0 Å². The van der Waals surface area contributed by atoms with Crippen molar-refractivity contribution in [3.05, 3.63) is 81.2 Å². The Labute approximate surface area is 123 Å². The van der Waals surface area contributed by atoms with Gasteiger partial charge in [-0.1, -0.05) is 59.2 Å². The van der Waals surface area contributed by atoms with Crippen molar-refractivity contribution < 1.29 is 0 Å². The maximum Gasteiger partial charge on any atom is 0.0749 e. The van der Waals surface area contributed by atoms with Gasteiger partial charge in [0.15, 0.2) is 0 Å². The number of hydrogen-bond acceptors (Lipinski definition) is 2. The maximum atomic E-state index is 8.67. The van der Waals surface area contributed by atoms with Crippen LogP contribution in [0.15, 0.2) is 59.7 Å². The highest BCUT2D eigenvalue weighted by molar-refractivity contribution is 6.30. The van der Waals surface area contributed by atoms with Crippen LogP contribution in [0, 0.1) is 0 Å². The Hall–Kier alpha value is -2.00. The van der Waals surface area contributed by atoms with Crippen LogP contribution in [0.1, 0.15) is 17.2 Å². The Balaban J connectivity index is 1.96. The second kappa shape index (κ2) is 7.56. The number of nitrogens with one attached hydrogen (secondary N) is 1. The quantitative estimate of drug-likeness (QED) is 0.475. The molecule has 0 aliphatic heterocycles. The van der Waals surface area contributed by atoms with Gasteiger partial charge in [-0.15, -0.1) is 0 Å². The molecular formula is C15H15ClN4. The molecule has 0 amide bonds. The molecule has 102 valence electrons. The smallest absolute Gasteiger partial charge is 0.0749 e. The van der Waals surface area contributed by atoms with Crippen molar-refractivity contribution in [2.24, 2.45) is 5.11 Å². The third-order valence-corrected chi connectivity index (χ3v) is 3.21. The molecule has 0 bridgehead atoms. The second-order valence-corrected chi connectivity index (χ2v) is 4.83. The largest absolute Gasteiger partial charge is 0.312 e. The van der Waals surface area contributed by atoms with E-state index in [1.54, 1.807) is 12.1 Å². The molecule has 0 spiro atoms. The van der Waals surface area contributed by atoms with Gasteiger partial charge < -0.3 is 5.32 Å². The van der Waals surface area contributed by atoms with Crippen molar-refractivity contribution in [1.82, 2.24) is 5.32 Å². The Morgan fingerprint density at radius 3 is 2.45 bits per heavy atom. The van der Waals surface area contributed by atoms with E-state index in [1.807, 2.05) is 30.3 Å². The van der Waals surface area contributed by atoms with Gasteiger partial charge in [-0.05, 0) is 28.8 Å². The summed E-state index contributed by atoms with van der Waals surface area (Å²) in [5.74, 6) is 0. The summed E-state index contributed by atoms with van der Waals surface area (Å²) in [5, 5.41) is 7.80. The van der Waals surface area contributed by atoms with E-state index in [2.05, 4.69) is 27.5 Å². The van der Waals surface area contributed by atoms with Crippen molar-refractivity contribution >= 4 is 11.6 Å². The molecule has 0 radical (unpaired) electrons. The average Bonchev–Trinajstić information content (AvgIpc) is 2.48. The minimum Gasteiger partial charge on any atom is -0.312 e. The normalized spacial score (nSPS) is 11.7. The van der Waals surface area contributed by atoms with Crippen LogP contribution < -0.4 is 5.32 Å². The predicted molar refractivity (Wildman–Crippen MR) is 81.5 cm³/mol. The molecule has 0 aliphatic carbocycles. The van der Waals surface area contributed by atoms with Crippen molar-refractivity contribution in [1.29, 1.82) is 0 Å². The standard InChI is InChI=1S/C15H15ClN4/c16-14-8-6-13(7-9-14)15(19-20-17)11-18-10-12-4-2-1-3-5-12/h1-9,15,18H,10-11H2/t15-/m0/s1. The zero-order chi connectivity index (χ0) is 14.2. The lowest BCUT2D eigenvalue weighted by Crippen LogP contribution is -2.20. The fraction of sp³-hybridized carbons (Fsp3) is 0.200. The third kappa shape index (κ3) is 4.28. The van der Waals surface area contributed by atoms with E-state index in [9.17, 15) is 0 Å². The first-order valence-electron chi connectivity index (χ1n) is 6.34. The zero-order valence-electron chi connectivity index (χ0n) is 10.9. The molecule has 0 aromatic heterocycles. The predicted octanol–water partition coefficient (Wildman–Crippen LogP) is 4.48. The third-order valence-electron chi connectivity index (χ3n) is 2.96. The number of rotatable bonds is 6. The molecule has 0 heterocycles. The first kappa shape index (κ1) is 14.4. The SMILES string of the molecule is [N-]=[N+]=N[C@@H](CNCc1ccccc1)c1ccc(Cl)cc1. The van der Waals surface area contributed by atoms with Gasteiger partial charge in [-0.2, -0.15) is 0 Å². The molecular weight excluding hydrogens is 272 g/mol. The Morgan fingerprint density at radius 2 is 1.80 bits per heavy atom. The molecule has 20 heavy (non-hydrogen) atoms. The average molecular weight is 287 g/mol. The zero-order valence-corrected chi connectivity index (χ0v) is 11.7. The van der Waals surface area contributed by atoms with Gasteiger partial charge in [0.05, 0.1) is 6.04 Å². The molecule has 5 heteroatoms. The number of benzene rings is 2. The van der Waals surface area contributed by atoms with Crippen LogP contribution in [0.5, 0.6) is 0 Å². The van der Waals surface area contributed by atoms with Crippen LogP contribution in [0.4, 0.5) is 0 Å². The summed E-state index contributed by atoms with van der Waals surface area (Å²) in [6.07, 6.45) is 0. The molecule has 2 aromatic rings. The summed E-state index contributed by atoms with van der Waals surface area (Å²) in [4.78, 5) is 2.91. The van der Waals surface area contributed by atoms with E-state index < -0.39 is 0 Å². The lowest BCUT2D eigenvalue weighted by molar-refractivity contribution is 0.596. The highest BCUT2D eigenvalue weighted by Gasteiger charge is 2.08. The molecule has 4 nitrogen and oxygen atoms in total. The van der Waals surface area contributed by atoms with Gasteiger partial charge in [-0.3, -0.25) is 0 Å². The fourth-order valence-electron chi connectivity index (χ4n) is 1.92. The van der Waals surface area contributed by atoms with Crippen LogP contribution in [0.2, 0.25) is 5.02 Å². The maximum absolute atomic E-state index is 8.67. The van der Waals surface area contributed by atoms with Crippen LogP contribution in [-0.2, 0) is 6.54 Å². The summed E-state index contributed by atoms with van der Waals surface area (Å²) in [5.41, 5.74) is 10.8. The number of nitrogens with zero attached hydrogens (tertiary/aromatic N) is 3. The molecule has 0 saturated heterocycles. The molecule has 0 fully saturated rings. The lowest BCUT2D eigenvalue weighted by atomic mass is 10.1. The fourth-order valence-corrected chi connectivity index (χ4v) is 2.05. The van der Waals surface area contributed by atoms with E-state index in [0.717, 1.165) is 12.1 Å². The molecule has 1 atom stereocenters. The molecule has 0 unspecified atom stereocenters. The first-order chi connectivity index (χ1) is 9.79. The highest BCUT2D eigenvalue weighted by Crippen LogP contribution is 2.19. The first-order valence-corrected chi connectivity index (χ1v) is 6.71. The Morgan fingerprint density at radius 1 is 1.10 bits per heavy atom. The van der Waals surface area contributed by atoms with Gasteiger partial charge in [0, 0.05) is 23.0 Å². The summed E-state index contributed by atoms with van der Waals surface area (Å²) >= 11 is 5.86.